The molecule has 0 bridgehead atoms. The normalized spacial score (nSPS) is 45.0. The lowest BCUT2D eigenvalue weighted by molar-refractivity contribution is -0.159. The summed E-state index contributed by atoms with van der Waals surface area (Å²) in [6, 6.07) is 0. The Kier molecular flexibility index (Phi) is 4.32. The highest BCUT2D eigenvalue weighted by molar-refractivity contribution is 5.95. The quantitative estimate of drug-likeness (QED) is 0.639. The van der Waals surface area contributed by atoms with Crippen molar-refractivity contribution in [3.05, 3.63) is 11.4 Å². The van der Waals surface area contributed by atoms with Gasteiger partial charge in [0.25, 0.3) is 0 Å². The largest absolute Gasteiger partial charge is 0.462 e. The fraction of sp³-hybridized carbons (Fsp3) is 0.818. The monoisotopic (exact) mass is 362 g/mol. The Hall–Kier alpha value is -1.19. The molecule has 4 aliphatic rings. The van der Waals surface area contributed by atoms with E-state index in [1.165, 1.54) is 0 Å². The fourth-order valence-electron chi connectivity index (χ4n) is 7.04. The van der Waals surface area contributed by atoms with Crippen molar-refractivity contribution in [3.63, 3.8) is 0 Å². The summed E-state index contributed by atoms with van der Waals surface area (Å²) in [5, 5.41) is 0. The molecular formula is C22H31FO3. The van der Waals surface area contributed by atoms with Gasteiger partial charge in [-0.1, -0.05) is 20.8 Å². The highest BCUT2D eigenvalue weighted by atomic mass is 19.1. The van der Waals surface area contributed by atoms with Crippen LogP contribution in [0.15, 0.2) is 11.4 Å². The van der Waals surface area contributed by atoms with E-state index in [-0.39, 0.29) is 28.7 Å². The third-order valence-electron chi connectivity index (χ3n) is 8.53. The second-order valence-electron chi connectivity index (χ2n) is 9.50. The zero-order chi connectivity index (χ0) is 18.7. The van der Waals surface area contributed by atoms with E-state index in [0.29, 0.717) is 30.6 Å². The van der Waals surface area contributed by atoms with Gasteiger partial charge in [0.2, 0.25) is 0 Å². The number of halogens is 1. The average Bonchev–Trinajstić information content (AvgIpc) is 2.95. The van der Waals surface area contributed by atoms with Crippen molar-refractivity contribution in [2.24, 2.45) is 28.6 Å². The van der Waals surface area contributed by atoms with Crippen LogP contribution in [-0.4, -0.2) is 17.9 Å². The first kappa shape index (κ1) is 18.2. The van der Waals surface area contributed by atoms with Crippen molar-refractivity contribution in [3.8, 4) is 0 Å². The standard InChI is InChI=1S/C22H31FO3/c1-4-19(25)26-18-8-7-14-13-5-6-16-20(23)17(24)10-12-21(16,2)15(13)9-11-22(14,18)3/h13-15,18H,4-12H2,1-3H3/t13-,14-,15-,18+,21+,22-/m0/s1. The SMILES string of the molecule is CCC(=O)O[C@@H]1CC[C@H]2[C@@H]3CCC4=C(F)C(=O)CC[C@]4(C)[C@H]3CC[C@]12C. The zero-order valence-electron chi connectivity index (χ0n) is 16.3. The summed E-state index contributed by atoms with van der Waals surface area (Å²) in [6.45, 7) is 6.37. The molecule has 0 aromatic rings. The molecule has 0 heterocycles. The second-order valence-corrected chi connectivity index (χ2v) is 9.50. The fourth-order valence-corrected chi connectivity index (χ4v) is 7.04. The molecule has 4 heteroatoms. The third-order valence-corrected chi connectivity index (χ3v) is 8.53. The van der Waals surface area contributed by atoms with Gasteiger partial charge >= 0.3 is 5.97 Å². The molecule has 3 nitrogen and oxygen atoms in total. The molecule has 0 unspecified atom stereocenters. The molecule has 144 valence electrons. The molecule has 0 aliphatic heterocycles. The average molecular weight is 362 g/mol. The summed E-state index contributed by atoms with van der Waals surface area (Å²) < 4.78 is 20.4. The van der Waals surface area contributed by atoms with Gasteiger partial charge in [0, 0.05) is 18.3 Å². The Morgan fingerprint density at radius 3 is 2.62 bits per heavy atom. The number of allylic oxidation sites excluding steroid dienone is 1. The molecule has 3 saturated carbocycles. The van der Waals surface area contributed by atoms with Crippen molar-refractivity contribution in [1.82, 2.24) is 0 Å². The minimum Gasteiger partial charge on any atom is -0.462 e. The molecule has 3 fully saturated rings. The number of ketones is 1. The maximum absolute atomic E-state index is 14.6. The number of esters is 1. The molecule has 0 spiro atoms. The van der Waals surface area contributed by atoms with Crippen molar-refractivity contribution in [2.75, 3.05) is 0 Å². The Morgan fingerprint density at radius 2 is 1.88 bits per heavy atom. The van der Waals surface area contributed by atoms with E-state index in [9.17, 15) is 14.0 Å². The lowest BCUT2D eigenvalue weighted by Crippen LogP contribution is -2.52. The van der Waals surface area contributed by atoms with Gasteiger partial charge in [-0.2, -0.15) is 0 Å². The number of carbonyl (C=O) groups excluding carboxylic acids is 2. The van der Waals surface area contributed by atoms with Crippen LogP contribution in [0.25, 0.3) is 0 Å². The molecule has 4 rings (SSSR count). The summed E-state index contributed by atoms with van der Waals surface area (Å²) in [5.74, 6) is 0.774. The molecule has 6 atom stereocenters. The predicted octanol–water partition coefficient (Wildman–Crippen LogP) is 5.14. The Morgan fingerprint density at radius 1 is 1.12 bits per heavy atom. The molecule has 26 heavy (non-hydrogen) atoms. The third kappa shape index (κ3) is 2.43. The number of carbonyl (C=O) groups is 2. The van der Waals surface area contributed by atoms with Crippen LogP contribution in [0.3, 0.4) is 0 Å². The predicted molar refractivity (Wildman–Crippen MR) is 96.9 cm³/mol. The Balaban J connectivity index is 1.62. The van der Waals surface area contributed by atoms with E-state index >= 15 is 0 Å². The highest BCUT2D eigenvalue weighted by Gasteiger charge is 2.60. The van der Waals surface area contributed by atoms with E-state index in [4.69, 9.17) is 4.74 Å². The van der Waals surface area contributed by atoms with Gasteiger partial charge in [-0.15, -0.1) is 0 Å². The van der Waals surface area contributed by atoms with Crippen LogP contribution in [0.5, 0.6) is 0 Å². The smallest absolute Gasteiger partial charge is 0.305 e. The van der Waals surface area contributed by atoms with Gasteiger partial charge in [-0.05, 0) is 73.7 Å². The Bertz CT molecular complexity index is 668. The highest BCUT2D eigenvalue weighted by Crippen LogP contribution is 2.66. The van der Waals surface area contributed by atoms with Crippen LogP contribution in [0.2, 0.25) is 0 Å². The Labute approximate surface area is 155 Å². The van der Waals surface area contributed by atoms with Crippen molar-refractivity contribution in [1.29, 1.82) is 0 Å². The molecule has 0 aromatic carbocycles. The van der Waals surface area contributed by atoms with Crippen molar-refractivity contribution < 1.29 is 18.7 Å². The maximum Gasteiger partial charge on any atom is 0.305 e. The summed E-state index contributed by atoms with van der Waals surface area (Å²) in [5.41, 5.74) is 0.720. The van der Waals surface area contributed by atoms with E-state index in [1.807, 2.05) is 6.92 Å². The van der Waals surface area contributed by atoms with E-state index in [2.05, 4.69) is 13.8 Å². The van der Waals surface area contributed by atoms with Crippen LogP contribution < -0.4 is 0 Å². The first-order valence-electron chi connectivity index (χ1n) is 10.4. The minimum absolute atomic E-state index is 0.0373. The van der Waals surface area contributed by atoms with Gasteiger partial charge in [-0.25, -0.2) is 4.39 Å². The summed E-state index contributed by atoms with van der Waals surface area (Å²) in [4.78, 5) is 23.7. The van der Waals surface area contributed by atoms with Gasteiger partial charge in [-0.3, -0.25) is 9.59 Å². The first-order valence-corrected chi connectivity index (χ1v) is 10.4. The van der Waals surface area contributed by atoms with Crippen LogP contribution in [0.1, 0.15) is 78.6 Å². The lowest BCUT2D eigenvalue weighted by atomic mass is 9.47. The van der Waals surface area contributed by atoms with Gasteiger partial charge in [0.05, 0.1) is 0 Å². The second kappa shape index (κ2) is 6.17. The van der Waals surface area contributed by atoms with Gasteiger partial charge in [0.1, 0.15) is 6.10 Å². The molecule has 0 N–H and O–H groups in total. The minimum atomic E-state index is -0.424. The van der Waals surface area contributed by atoms with Crippen LogP contribution in [0.4, 0.5) is 4.39 Å². The number of fused-ring (bicyclic) bond motifs is 5. The lowest BCUT2D eigenvalue weighted by Gasteiger charge is -2.57. The van der Waals surface area contributed by atoms with Crippen molar-refractivity contribution >= 4 is 11.8 Å². The molecule has 0 aromatic heterocycles. The summed E-state index contributed by atoms with van der Waals surface area (Å²) in [6.07, 6.45) is 7.49. The maximum atomic E-state index is 14.6. The first-order chi connectivity index (χ1) is 12.3. The molecular weight excluding hydrogens is 331 g/mol. The number of hydrogen-bond acceptors (Lipinski definition) is 3. The number of hydrogen-bond donors (Lipinski definition) is 0. The molecule has 0 saturated heterocycles. The summed E-state index contributed by atoms with van der Waals surface area (Å²) in [7, 11) is 0. The van der Waals surface area contributed by atoms with Crippen LogP contribution in [0, 0.1) is 28.6 Å². The van der Waals surface area contributed by atoms with Crippen LogP contribution in [-0.2, 0) is 14.3 Å². The van der Waals surface area contributed by atoms with Crippen LogP contribution >= 0.6 is 0 Å². The molecule has 4 aliphatic carbocycles. The van der Waals surface area contributed by atoms with E-state index in [0.717, 1.165) is 50.5 Å². The number of rotatable bonds is 2. The zero-order valence-corrected chi connectivity index (χ0v) is 16.3. The van der Waals surface area contributed by atoms with E-state index < -0.39 is 5.83 Å². The molecule has 0 radical (unpaired) electrons. The van der Waals surface area contributed by atoms with Gasteiger partial charge < -0.3 is 4.74 Å². The number of ether oxygens (including phenoxy) is 1. The topological polar surface area (TPSA) is 43.4 Å². The van der Waals surface area contributed by atoms with Gasteiger partial charge in [0.15, 0.2) is 11.6 Å². The number of Topliss-reactive ketones (excluding diaryl/α,β-unsaturated/α-hetero) is 1. The van der Waals surface area contributed by atoms with E-state index in [1.54, 1.807) is 0 Å². The molecule has 0 amide bonds. The summed E-state index contributed by atoms with van der Waals surface area (Å²) >= 11 is 0. The van der Waals surface area contributed by atoms with Crippen molar-refractivity contribution in [2.45, 2.75) is 84.7 Å².